The monoisotopic (exact) mass is 564 g/mol. The van der Waals surface area contributed by atoms with Gasteiger partial charge in [-0.1, -0.05) is 62.2 Å². The van der Waals surface area contributed by atoms with Gasteiger partial charge >= 0.3 is 0 Å². The number of benzene rings is 3. The molecule has 2 heterocycles. The van der Waals surface area contributed by atoms with E-state index in [1.807, 2.05) is 36.4 Å². The van der Waals surface area contributed by atoms with Crippen LogP contribution >= 0.6 is 31.9 Å². The molecule has 3 aliphatic rings. The summed E-state index contributed by atoms with van der Waals surface area (Å²) >= 11 is 7.18. The number of halogens is 2. The minimum atomic E-state index is -0.275. The summed E-state index contributed by atoms with van der Waals surface area (Å²) in [7, 11) is 0. The highest BCUT2D eigenvalue weighted by Crippen LogP contribution is 2.53. The largest absolute Gasteiger partial charge is 0.507 e. The molecular weight excluding hydrogens is 544 g/mol. The maximum Gasteiger partial charge on any atom is 0.213 e. The van der Waals surface area contributed by atoms with Gasteiger partial charge in [0.1, 0.15) is 11.5 Å². The second kappa shape index (κ2) is 8.33. The molecule has 3 aromatic rings. The summed E-state index contributed by atoms with van der Waals surface area (Å²) in [5, 5.41) is 17.8. The molecule has 1 aliphatic carbocycles. The van der Waals surface area contributed by atoms with Gasteiger partial charge in [0.25, 0.3) is 0 Å². The van der Waals surface area contributed by atoms with Crippen LogP contribution in [0.4, 0.5) is 0 Å². The first-order valence-electron chi connectivity index (χ1n) is 11.2. The summed E-state index contributed by atoms with van der Waals surface area (Å²) in [4.78, 5) is 0. The Kier molecular flexibility index (Phi) is 5.30. The van der Waals surface area contributed by atoms with Gasteiger partial charge in [0.2, 0.25) is 6.23 Å². The fraction of sp³-hybridized carbons (Fsp3) is 0.222. The van der Waals surface area contributed by atoms with Crippen molar-refractivity contribution in [3.05, 3.63) is 97.9 Å². The van der Waals surface area contributed by atoms with Crippen LogP contribution in [0, 0.1) is 5.92 Å². The first kappa shape index (κ1) is 21.0. The lowest BCUT2D eigenvalue weighted by atomic mass is 9.77. The quantitative estimate of drug-likeness (QED) is 0.348. The summed E-state index contributed by atoms with van der Waals surface area (Å²) in [6.07, 6.45) is 4.95. The van der Waals surface area contributed by atoms with E-state index >= 15 is 0 Å². The summed E-state index contributed by atoms with van der Waals surface area (Å²) in [6.45, 7) is 0. The van der Waals surface area contributed by atoms with Crippen LogP contribution in [0.5, 0.6) is 11.5 Å². The zero-order valence-electron chi connectivity index (χ0n) is 17.8. The molecule has 0 bridgehead atoms. The van der Waals surface area contributed by atoms with E-state index in [0.29, 0.717) is 0 Å². The highest BCUT2D eigenvalue weighted by molar-refractivity contribution is 9.10. The lowest BCUT2D eigenvalue weighted by molar-refractivity contribution is -0.0293. The molecule has 1 N–H and O–H groups in total. The van der Waals surface area contributed by atoms with E-state index in [1.54, 1.807) is 6.07 Å². The molecule has 6 heteroatoms. The Morgan fingerprint density at radius 1 is 1.00 bits per heavy atom. The lowest BCUT2D eigenvalue weighted by Gasteiger charge is -2.40. The second-order valence-electron chi connectivity index (χ2n) is 8.74. The predicted molar refractivity (Wildman–Crippen MR) is 137 cm³/mol. The molecule has 0 aromatic heterocycles. The first-order valence-corrected chi connectivity index (χ1v) is 12.7. The summed E-state index contributed by atoms with van der Waals surface area (Å²) in [6, 6.07) is 22.2. The fourth-order valence-corrected chi connectivity index (χ4v) is 5.99. The van der Waals surface area contributed by atoms with E-state index in [2.05, 4.69) is 67.2 Å². The van der Waals surface area contributed by atoms with Gasteiger partial charge in [0, 0.05) is 31.6 Å². The number of fused-ring (bicyclic) bond motifs is 5. The van der Waals surface area contributed by atoms with E-state index in [-0.39, 0.29) is 23.9 Å². The zero-order chi connectivity index (χ0) is 22.5. The predicted octanol–water partition coefficient (Wildman–Crippen LogP) is 7.60. The first-order chi connectivity index (χ1) is 16.1. The SMILES string of the molecule is Oc1ccc(Br)cc1/C=C1\CCC[C@@H]2C1=NN1[C@@H](c3ccccc3)Oc3ccc(Br)cc3[C@H]21. The van der Waals surface area contributed by atoms with Crippen LogP contribution in [0.15, 0.2) is 86.3 Å². The third kappa shape index (κ3) is 3.69. The highest BCUT2D eigenvalue weighted by Gasteiger charge is 2.48. The molecule has 4 nitrogen and oxygen atoms in total. The number of hydrazone groups is 1. The second-order valence-corrected chi connectivity index (χ2v) is 10.6. The Bertz CT molecular complexity index is 1290. The molecule has 1 saturated carbocycles. The van der Waals surface area contributed by atoms with Crippen molar-refractivity contribution in [3.8, 4) is 11.5 Å². The molecule has 0 amide bonds. The highest BCUT2D eigenvalue weighted by atomic mass is 79.9. The summed E-state index contributed by atoms with van der Waals surface area (Å²) < 4.78 is 8.50. The molecule has 166 valence electrons. The minimum absolute atomic E-state index is 0.117. The smallest absolute Gasteiger partial charge is 0.213 e. The molecule has 33 heavy (non-hydrogen) atoms. The normalized spacial score (nSPS) is 24.5. The fourth-order valence-electron chi connectivity index (χ4n) is 5.23. The van der Waals surface area contributed by atoms with E-state index in [1.165, 1.54) is 11.1 Å². The number of hydrogen-bond acceptors (Lipinski definition) is 4. The van der Waals surface area contributed by atoms with Crippen molar-refractivity contribution in [1.82, 2.24) is 5.01 Å². The van der Waals surface area contributed by atoms with E-state index in [4.69, 9.17) is 9.84 Å². The molecule has 3 aromatic carbocycles. The van der Waals surface area contributed by atoms with Crippen molar-refractivity contribution in [2.75, 3.05) is 0 Å². The Labute approximate surface area is 209 Å². The zero-order valence-corrected chi connectivity index (χ0v) is 21.0. The van der Waals surface area contributed by atoms with Gasteiger partial charge in [-0.15, -0.1) is 0 Å². The Balaban J connectivity index is 1.48. The van der Waals surface area contributed by atoms with Crippen molar-refractivity contribution >= 4 is 43.6 Å². The number of aromatic hydroxyl groups is 1. The van der Waals surface area contributed by atoms with Crippen molar-refractivity contribution in [1.29, 1.82) is 0 Å². The van der Waals surface area contributed by atoms with E-state index in [0.717, 1.165) is 50.8 Å². The lowest BCUT2D eigenvalue weighted by Crippen LogP contribution is -2.36. The number of phenols is 1. The van der Waals surface area contributed by atoms with Crippen molar-refractivity contribution in [2.24, 2.45) is 11.0 Å². The third-order valence-corrected chi connectivity index (χ3v) is 7.69. The van der Waals surface area contributed by atoms with Gasteiger partial charge in [-0.3, -0.25) is 0 Å². The Morgan fingerprint density at radius 3 is 2.64 bits per heavy atom. The molecule has 0 spiro atoms. The van der Waals surface area contributed by atoms with Gasteiger partial charge in [0.15, 0.2) is 0 Å². The maximum atomic E-state index is 10.4. The van der Waals surface area contributed by atoms with Gasteiger partial charge in [-0.25, -0.2) is 5.01 Å². The van der Waals surface area contributed by atoms with Crippen LogP contribution in [0.2, 0.25) is 0 Å². The summed E-state index contributed by atoms with van der Waals surface area (Å²) in [5.74, 6) is 1.48. The van der Waals surface area contributed by atoms with Gasteiger partial charge in [0.05, 0.1) is 11.8 Å². The molecular formula is C27H22Br2N2O2. The van der Waals surface area contributed by atoms with Crippen LogP contribution < -0.4 is 4.74 Å². The van der Waals surface area contributed by atoms with Crippen LogP contribution in [0.25, 0.3) is 6.08 Å². The molecule has 0 unspecified atom stereocenters. The van der Waals surface area contributed by atoms with Crippen molar-refractivity contribution < 1.29 is 9.84 Å². The molecule has 0 saturated heterocycles. The molecule has 2 aliphatic heterocycles. The van der Waals surface area contributed by atoms with Gasteiger partial charge in [-0.05, 0) is 67.3 Å². The van der Waals surface area contributed by atoms with Crippen LogP contribution in [-0.4, -0.2) is 15.8 Å². The van der Waals surface area contributed by atoms with Gasteiger partial charge < -0.3 is 9.84 Å². The molecule has 6 rings (SSSR count). The standard InChI is InChI=1S/C27H22Br2N2O2/c28-19-9-11-23(32)18(14-19)13-17-7-4-8-21-25(17)30-31-26(21)22-15-20(29)10-12-24(22)33-27(31)16-5-2-1-3-6-16/h1-3,5-6,9-15,21,26-27,32H,4,7-8H2/b17-13+/t21-,26+,27-/m1/s1. The van der Waals surface area contributed by atoms with Crippen LogP contribution in [0.3, 0.4) is 0 Å². The van der Waals surface area contributed by atoms with Crippen LogP contribution in [0.1, 0.15) is 48.2 Å². The Morgan fingerprint density at radius 2 is 1.79 bits per heavy atom. The summed E-state index contributed by atoms with van der Waals surface area (Å²) in [5.41, 5.74) is 5.38. The number of allylic oxidation sites excluding steroid dienone is 1. The number of ether oxygens (including phenoxy) is 1. The van der Waals surface area contributed by atoms with E-state index < -0.39 is 0 Å². The number of nitrogens with zero attached hydrogens (tertiary/aromatic N) is 2. The average molecular weight is 566 g/mol. The number of phenolic OH excluding ortho intramolecular Hbond substituents is 1. The van der Waals surface area contributed by atoms with E-state index in [9.17, 15) is 5.11 Å². The third-order valence-electron chi connectivity index (χ3n) is 6.70. The van der Waals surface area contributed by atoms with Crippen molar-refractivity contribution in [3.63, 3.8) is 0 Å². The topological polar surface area (TPSA) is 45.1 Å². The average Bonchev–Trinajstić information content (AvgIpc) is 3.22. The Hall–Kier alpha value is -2.57. The number of hydrogen-bond donors (Lipinski definition) is 1. The maximum absolute atomic E-state index is 10.4. The van der Waals surface area contributed by atoms with Crippen LogP contribution in [-0.2, 0) is 0 Å². The molecule has 0 radical (unpaired) electrons. The minimum Gasteiger partial charge on any atom is -0.507 e. The number of rotatable bonds is 2. The molecule has 1 fully saturated rings. The van der Waals surface area contributed by atoms with Crippen molar-refractivity contribution in [2.45, 2.75) is 31.5 Å². The van der Waals surface area contributed by atoms with Gasteiger partial charge in [-0.2, -0.15) is 5.10 Å². The molecule has 3 atom stereocenters.